The molecule has 0 aliphatic carbocycles. The second-order valence-electron chi connectivity index (χ2n) is 2.32. The number of pyridine rings is 1. The third-order valence-corrected chi connectivity index (χ3v) is 1.41. The van der Waals surface area contributed by atoms with Crippen LogP contribution in [-0.4, -0.2) is 26.4 Å². The highest BCUT2D eigenvalue weighted by molar-refractivity contribution is 5.78. The maximum atomic E-state index is 4.07. The maximum Gasteiger partial charge on any atom is 0.245 e. The maximum absolute atomic E-state index is 4.07. The minimum absolute atomic E-state index is 0.477. The average Bonchev–Trinajstić information content (AvgIpc) is 2.69. The molecule has 5 nitrogen and oxygen atoms in total. The van der Waals surface area contributed by atoms with Crippen molar-refractivity contribution in [3.8, 4) is 0 Å². The van der Waals surface area contributed by atoms with Crippen molar-refractivity contribution in [2.45, 2.75) is 0 Å². The van der Waals surface area contributed by atoms with Gasteiger partial charge in [-0.05, 0) is 12.1 Å². The van der Waals surface area contributed by atoms with Crippen molar-refractivity contribution in [1.29, 1.82) is 0 Å². The first kappa shape index (κ1) is 7.60. The third kappa shape index (κ3) is 1.96. The highest BCUT2D eigenvalue weighted by atomic mass is 15.2. The molecule has 0 amide bonds. The monoisotopic (exact) mass is 173 g/mol. The van der Waals surface area contributed by atoms with E-state index in [1.807, 2.05) is 18.2 Å². The van der Waals surface area contributed by atoms with Crippen LogP contribution in [0.5, 0.6) is 0 Å². The van der Waals surface area contributed by atoms with Gasteiger partial charge in [0.25, 0.3) is 0 Å². The Hall–Kier alpha value is -2.04. The van der Waals surface area contributed by atoms with E-state index in [0.717, 1.165) is 5.69 Å². The van der Waals surface area contributed by atoms with Crippen LogP contribution in [0.4, 0.5) is 5.95 Å². The lowest BCUT2D eigenvalue weighted by Crippen LogP contribution is -1.84. The Bertz CT molecular complexity index is 378. The number of hydrogen-bond donors (Lipinski definition) is 1. The zero-order valence-corrected chi connectivity index (χ0v) is 6.75. The molecule has 2 aromatic heterocycles. The summed E-state index contributed by atoms with van der Waals surface area (Å²) in [6.45, 7) is 0. The molecule has 0 aliphatic heterocycles. The molecular weight excluding hydrogens is 166 g/mol. The summed E-state index contributed by atoms with van der Waals surface area (Å²) in [7, 11) is 0. The quantitative estimate of drug-likeness (QED) is 0.687. The summed E-state index contributed by atoms with van der Waals surface area (Å²) in [5.41, 5.74) is 0.791. The van der Waals surface area contributed by atoms with Crippen molar-refractivity contribution < 1.29 is 0 Å². The van der Waals surface area contributed by atoms with Gasteiger partial charge >= 0.3 is 0 Å². The van der Waals surface area contributed by atoms with Crippen LogP contribution in [0.2, 0.25) is 0 Å². The minimum atomic E-state index is 0.477. The van der Waals surface area contributed by atoms with E-state index in [-0.39, 0.29) is 0 Å². The highest BCUT2D eigenvalue weighted by Crippen LogP contribution is 1.98. The fourth-order valence-electron chi connectivity index (χ4n) is 0.841. The van der Waals surface area contributed by atoms with Gasteiger partial charge in [0.1, 0.15) is 6.33 Å². The molecule has 13 heavy (non-hydrogen) atoms. The molecule has 0 bridgehead atoms. The summed E-state index contributed by atoms with van der Waals surface area (Å²) < 4.78 is 0. The first-order chi connectivity index (χ1) is 6.45. The Labute approximate surface area is 74.6 Å². The lowest BCUT2D eigenvalue weighted by Gasteiger charge is -1.87. The Morgan fingerprint density at radius 2 is 2.31 bits per heavy atom. The summed E-state index contributed by atoms with van der Waals surface area (Å²) in [5, 5.41) is 6.28. The Morgan fingerprint density at radius 1 is 1.31 bits per heavy atom. The van der Waals surface area contributed by atoms with Gasteiger partial charge in [-0.3, -0.25) is 4.98 Å². The minimum Gasteiger partial charge on any atom is -0.255 e. The van der Waals surface area contributed by atoms with Crippen molar-refractivity contribution in [3.05, 3.63) is 36.4 Å². The zero-order chi connectivity index (χ0) is 8.93. The number of nitrogens with one attached hydrogen (secondary N) is 1. The molecule has 0 atom stereocenters. The van der Waals surface area contributed by atoms with E-state index in [0.29, 0.717) is 5.95 Å². The van der Waals surface area contributed by atoms with E-state index >= 15 is 0 Å². The van der Waals surface area contributed by atoms with Gasteiger partial charge in [0.15, 0.2) is 0 Å². The van der Waals surface area contributed by atoms with Gasteiger partial charge < -0.3 is 0 Å². The number of hydrogen-bond acceptors (Lipinski definition) is 4. The van der Waals surface area contributed by atoms with Crippen molar-refractivity contribution in [3.63, 3.8) is 0 Å². The average molecular weight is 173 g/mol. The van der Waals surface area contributed by atoms with Crippen LogP contribution in [0.1, 0.15) is 5.69 Å². The van der Waals surface area contributed by atoms with E-state index in [4.69, 9.17) is 0 Å². The van der Waals surface area contributed by atoms with Gasteiger partial charge in [-0.15, -0.1) is 0 Å². The first-order valence-electron chi connectivity index (χ1n) is 3.75. The summed E-state index contributed by atoms with van der Waals surface area (Å²) in [4.78, 5) is 11.9. The number of rotatable bonds is 2. The van der Waals surface area contributed by atoms with Gasteiger partial charge in [-0.2, -0.15) is 10.1 Å². The topological polar surface area (TPSA) is 66.8 Å². The molecule has 0 aromatic carbocycles. The molecule has 0 unspecified atom stereocenters. The molecule has 1 N–H and O–H groups in total. The number of aliphatic imine (C=N–C) groups is 1. The standard InChI is InChI=1S/C8H7N5/c1-2-4-9-7(3-1)5-10-8-11-6-12-13-8/h1-6H,(H,11,12,13)/b10-5+. The molecular formula is C8H7N5. The van der Waals surface area contributed by atoms with Gasteiger partial charge in [-0.25, -0.2) is 10.1 Å². The molecule has 2 rings (SSSR count). The smallest absolute Gasteiger partial charge is 0.245 e. The first-order valence-corrected chi connectivity index (χ1v) is 3.75. The second kappa shape index (κ2) is 3.57. The summed E-state index contributed by atoms with van der Waals surface area (Å²) in [5.74, 6) is 0.477. The number of H-pyrrole nitrogens is 1. The van der Waals surface area contributed by atoms with Gasteiger partial charge in [0.05, 0.1) is 11.9 Å². The van der Waals surface area contributed by atoms with Crippen LogP contribution in [-0.2, 0) is 0 Å². The predicted molar refractivity (Wildman–Crippen MR) is 47.9 cm³/mol. The van der Waals surface area contributed by atoms with Crippen LogP contribution >= 0.6 is 0 Å². The normalized spacial score (nSPS) is 10.8. The van der Waals surface area contributed by atoms with Crippen LogP contribution in [0, 0.1) is 0 Å². The molecule has 0 saturated carbocycles. The molecule has 64 valence electrons. The van der Waals surface area contributed by atoms with Crippen LogP contribution < -0.4 is 0 Å². The lowest BCUT2D eigenvalue weighted by atomic mass is 10.4. The van der Waals surface area contributed by atoms with Gasteiger partial charge in [0.2, 0.25) is 5.95 Å². The Kier molecular flexibility index (Phi) is 2.09. The highest BCUT2D eigenvalue weighted by Gasteiger charge is 1.89. The molecule has 0 saturated heterocycles. The SMILES string of the molecule is C(=N\c1ncn[nH]1)/c1ccccn1. The predicted octanol–water partition coefficient (Wildman–Crippen LogP) is 0.950. The Morgan fingerprint density at radius 3 is 3.00 bits per heavy atom. The molecule has 0 spiro atoms. The number of aromatic nitrogens is 4. The largest absolute Gasteiger partial charge is 0.255 e. The van der Waals surface area contributed by atoms with Crippen LogP contribution in [0.25, 0.3) is 0 Å². The lowest BCUT2D eigenvalue weighted by molar-refractivity contribution is 1.08. The van der Waals surface area contributed by atoms with Gasteiger partial charge in [-0.1, -0.05) is 6.07 Å². The zero-order valence-electron chi connectivity index (χ0n) is 6.75. The van der Waals surface area contributed by atoms with E-state index < -0.39 is 0 Å². The van der Waals surface area contributed by atoms with Crippen molar-refractivity contribution in [1.82, 2.24) is 20.2 Å². The summed E-state index contributed by atoms with van der Waals surface area (Å²) >= 11 is 0. The van der Waals surface area contributed by atoms with E-state index in [2.05, 4.69) is 25.2 Å². The van der Waals surface area contributed by atoms with E-state index in [9.17, 15) is 0 Å². The number of aromatic amines is 1. The van der Waals surface area contributed by atoms with Gasteiger partial charge in [0, 0.05) is 6.20 Å². The fraction of sp³-hybridized carbons (Fsp3) is 0. The van der Waals surface area contributed by atoms with Crippen molar-refractivity contribution >= 4 is 12.2 Å². The summed E-state index contributed by atoms with van der Waals surface area (Å²) in [6.07, 6.45) is 4.74. The summed E-state index contributed by atoms with van der Waals surface area (Å²) in [6, 6.07) is 5.61. The van der Waals surface area contributed by atoms with Crippen LogP contribution in [0.3, 0.4) is 0 Å². The molecule has 2 aromatic rings. The number of nitrogens with zero attached hydrogens (tertiary/aromatic N) is 4. The molecule has 0 radical (unpaired) electrons. The third-order valence-electron chi connectivity index (χ3n) is 1.41. The molecule has 5 heteroatoms. The molecule has 2 heterocycles. The van der Waals surface area contributed by atoms with E-state index in [1.165, 1.54) is 6.33 Å². The molecule has 0 aliphatic rings. The second-order valence-corrected chi connectivity index (χ2v) is 2.32. The van der Waals surface area contributed by atoms with Crippen LogP contribution in [0.15, 0.2) is 35.7 Å². The van der Waals surface area contributed by atoms with Crippen molar-refractivity contribution in [2.75, 3.05) is 0 Å². The fourth-order valence-corrected chi connectivity index (χ4v) is 0.841. The Balaban J connectivity index is 2.15. The van der Waals surface area contributed by atoms with Crippen molar-refractivity contribution in [2.24, 2.45) is 4.99 Å². The van der Waals surface area contributed by atoms with E-state index in [1.54, 1.807) is 12.4 Å². The molecule has 0 fully saturated rings.